The van der Waals surface area contributed by atoms with Gasteiger partial charge in [-0.25, -0.2) is 15.0 Å². The van der Waals surface area contributed by atoms with E-state index in [1.807, 2.05) is 43.3 Å². The van der Waals surface area contributed by atoms with E-state index in [-0.39, 0.29) is 5.91 Å². The number of anilines is 3. The van der Waals surface area contributed by atoms with Crippen molar-refractivity contribution in [3.8, 4) is 5.75 Å². The Labute approximate surface area is 207 Å². The van der Waals surface area contributed by atoms with Crippen LogP contribution in [0.2, 0.25) is 5.02 Å². The first-order valence-electron chi connectivity index (χ1n) is 10.8. The molecule has 35 heavy (non-hydrogen) atoms. The molecule has 2 N–H and O–H groups in total. The molecule has 1 aromatic carbocycles. The first-order chi connectivity index (χ1) is 17.0. The Balaban J connectivity index is 1.39. The monoisotopic (exact) mass is 489 g/mol. The first kappa shape index (κ1) is 24.1. The van der Waals surface area contributed by atoms with Crippen LogP contribution in [-0.4, -0.2) is 51.4 Å². The maximum atomic E-state index is 12.0. The fourth-order valence-corrected chi connectivity index (χ4v) is 3.30. The van der Waals surface area contributed by atoms with Crippen molar-refractivity contribution in [3.05, 3.63) is 83.9 Å². The number of ether oxygens (including phenoxy) is 1. The van der Waals surface area contributed by atoms with E-state index in [0.717, 1.165) is 11.1 Å². The second kappa shape index (κ2) is 11.4. The van der Waals surface area contributed by atoms with Crippen LogP contribution in [-0.2, 0) is 11.4 Å². The minimum atomic E-state index is -0.248. The normalized spacial score (nSPS) is 11.2. The van der Waals surface area contributed by atoms with Crippen molar-refractivity contribution >= 4 is 45.9 Å². The van der Waals surface area contributed by atoms with Crippen LogP contribution >= 0.6 is 11.6 Å². The smallest absolute Gasteiger partial charge is 0.249 e. The number of aromatic nitrogens is 4. The topological polar surface area (TPSA) is 105 Å². The standard InChI is InChI=1S/C25H24ClN7O2/c1-33(2)11-5-7-24(34)32-23-12-17-14-29-25(31-21(17)15-28-23)30-18-8-9-22(20(26)13-18)35-16-19-6-3-4-10-27-19/h3-10,12-15H,11,16H2,1-2H3,(H,28,32,34)(H,29,30,31). The molecule has 0 aliphatic rings. The van der Waals surface area contributed by atoms with Gasteiger partial charge in [-0.1, -0.05) is 23.7 Å². The highest BCUT2D eigenvalue weighted by atomic mass is 35.5. The Morgan fingerprint density at radius 3 is 2.77 bits per heavy atom. The average Bonchev–Trinajstić information content (AvgIpc) is 2.84. The lowest BCUT2D eigenvalue weighted by Crippen LogP contribution is -2.13. The SMILES string of the molecule is CN(C)CC=CC(=O)Nc1cc2cnc(Nc3ccc(OCc4ccccn4)c(Cl)c3)nc2cn1. The third-order valence-corrected chi connectivity index (χ3v) is 5.04. The van der Waals surface area contributed by atoms with Gasteiger partial charge in [0, 0.05) is 36.1 Å². The summed E-state index contributed by atoms with van der Waals surface area (Å²) in [6.45, 7) is 0.997. The van der Waals surface area contributed by atoms with Gasteiger partial charge in [-0.15, -0.1) is 0 Å². The molecule has 0 bridgehead atoms. The van der Waals surface area contributed by atoms with E-state index in [1.54, 1.807) is 42.9 Å². The summed E-state index contributed by atoms with van der Waals surface area (Å²) in [5, 5.41) is 7.07. The molecule has 178 valence electrons. The minimum Gasteiger partial charge on any atom is -0.486 e. The number of amides is 1. The zero-order chi connectivity index (χ0) is 24.6. The lowest BCUT2D eigenvalue weighted by molar-refractivity contribution is -0.111. The van der Waals surface area contributed by atoms with Gasteiger partial charge in [-0.05, 0) is 50.5 Å². The molecule has 0 saturated carbocycles. The molecule has 3 aromatic heterocycles. The molecule has 0 radical (unpaired) electrons. The van der Waals surface area contributed by atoms with Gasteiger partial charge in [0.2, 0.25) is 11.9 Å². The van der Waals surface area contributed by atoms with E-state index in [0.29, 0.717) is 46.9 Å². The fraction of sp³-hybridized carbons (Fsp3) is 0.160. The molecule has 0 atom stereocenters. The molecule has 0 unspecified atom stereocenters. The second-order valence-electron chi connectivity index (χ2n) is 7.86. The molecule has 3 heterocycles. The number of nitrogens with zero attached hydrogens (tertiary/aromatic N) is 5. The highest BCUT2D eigenvalue weighted by Gasteiger charge is 2.08. The van der Waals surface area contributed by atoms with Crippen LogP contribution < -0.4 is 15.4 Å². The molecule has 0 saturated heterocycles. The highest BCUT2D eigenvalue weighted by Crippen LogP contribution is 2.29. The van der Waals surface area contributed by atoms with Crippen LogP contribution in [0.5, 0.6) is 5.75 Å². The third-order valence-electron chi connectivity index (χ3n) is 4.75. The molecule has 4 rings (SSSR count). The number of hydrogen-bond donors (Lipinski definition) is 2. The van der Waals surface area contributed by atoms with Gasteiger partial charge >= 0.3 is 0 Å². The van der Waals surface area contributed by atoms with E-state index in [2.05, 4.69) is 30.6 Å². The van der Waals surface area contributed by atoms with E-state index >= 15 is 0 Å². The molecular weight excluding hydrogens is 466 g/mol. The molecule has 4 aromatic rings. The molecule has 0 aliphatic carbocycles. The van der Waals surface area contributed by atoms with Gasteiger partial charge in [0.25, 0.3) is 0 Å². The number of carbonyl (C=O) groups is 1. The average molecular weight is 490 g/mol. The van der Waals surface area contributed by atoms with Crippen molar-refractivity contribution in [2.24, 2.45) is 0 Å². The number of halogens is 1. The van der Waals surface area contributed by atoms with Crippen LogP contribution in [0.15, 0.2) is 73.2 Å². The van der Waals surface area contributed by atoms with Crippen LogP contribution in [0.25, 0.3) is 10.9 Å². The predicted octanol–water partition coefficient (Wildman–Crippen LogP) is 4.45. The Morgan fingerprint density at radius 1 is 1.11 bits per heavy atom. The molecule has 0 aliphatic heterocycles. The Bertz CT molecular complexity index is 1350. The maximum Gasteiger partial charge on any atom is 0.249 e. The Hall–Kier alpha value is -4.08. The maximum absolute atomic E-state index is 12.0. The van der Waals surface area contributed by atoms with Crippen LogP contribution in [0.4, 0.5) is 17.5 Å². The molecule has 0 spiro atoms. The summed E-state index contributed by atoms with van der Waals surface area (Å²) >= 11 is 6.39. The number of fused-ring (bicyclic) bond motifs is 1. The van der Waals surface area contributed by atoms with Gasteiger partial charge in [0.05, 0.1) is 22.4 Å². The van der Waals surface area contributed by atoms with Crippen molar-refractivity contribution in [3.63, 3.8) is 0 Å². The van der Waals surface area contributed by atoms with Crippen molar-refractivity contribution < 1.29 is 9.53 Å². The number of likely N-dealkylation sites (N-methyl/N-ethyl adjacent to an activating group) is 1. The van der Waals surface area contributed by atoms with E-state index in [9.17, 15) is 4.79 Å². The largest absolute Gasteiger partial charge is 0.486 e. The summed E-state index contributed by atoms with van der Waals surface area (Å²) in [7, 11) is 3.86. The Morgan fingerprint density at radius 2 is 2.00 bits per heavy atom. The predicted molar refractivity (Wildman–Crippen MR) is 137 cm³/mol. The molecular formula is C25H24ClN7O2. The van der Waals surface area contributed by atoms with Gasteiger partial charge in [-0.2, -0.15) is 0 Å². The first-order valence-corrected chi connectivity index (χ1v) is 11.2. The molecule has 10 heteroatoms. The third kappa shape index (κ3) is 6.95. The summed E-state index contributed by atoms with van der Waals surface area (Å²) in [5.74, 6) is 1.12. The van der Waals surface area contributed by atoms with E-state index in [4.69, 9.17) is 16.3 Å². The van der Waals surface area contributed by atoms with Crippen LogP contribution in [0.3, 0.4) is 0 Å². The summed E-state index contributed by atoms with van der Waals surface area (Å²) in [6, 6.07) is 12.7. The number of hydrogen-bond acceptors (Lipinski definition) is 8. The lowest BCUT2D eigenvalue weighted by atomic mass is 10.3. The van der Waals surface area contributed by atoms with Crippen LogP contribution in [0, 0.1) is 0 Å². The van der Waals surface area contributed by atoms with Crippen molar-refractivity contribution in [2.45, 2.75) is 6.61 Å². The number of carbonyl (C=O) groups excluding carboxylic acids is 1. The summed E-state index contributed by atoms with van der Waals surface area (Å²) in [6.07, 6.45) is 8.23. The van der Waals surface area contributed by atoms with E-state index < -0.39 is 0 Å². The van der Waals surface area contributed by atoms with Gasteiger partial charge < -0.3 is 20.3 Å². The summed E-state index contributed by atoms with van der Waals surface area (Å²) in [4.78, 5) is 31.3. The van der Waals surface area contributed by atoms with Gasteiger partial charge in [0.1, 0.15) is 18.2 Å². The zero-order valence-corrected chi connectivity index (χ0v) is 20.0. The second-order valence-corrected chi connectivity index (χ2v) is 8.26. The summed E-state index contributed by atoms with van der Waals surface area (Å²) in [5.41, 5.74) is 2.15. The summed E-state index contributed by atoms with van der Waals surface area (Å²) < 4.78 is 5.76. The quantitative estimate of drug-likeness (QED) is 0.332. The fourth-order valence-electron chi connectivity index (χ4n) is 3.06. The highest BCUT2D eigenvalue weighted by molar-refractivity contribution is 6.32. The van der Waals surface area contributed by atoms with Crippen molar-refractivity contribution in [1.29, 1.82) is 0 Å². The number of benzene rings is 1. The van der Waals surface area contributed by atoms with Crippen molar-refractivity contribution in [1.82, 2.24) is 24.8 Å². The van der Waals surface area contributed by atoms with Crippen molar-refractivity contribution in [2.75, 3.05) is 31.3 Å². The molecule has 0 fully saturated rings. The number of rotatable bonds is 9. The molecule has 1 amide bonds. The minimum absolute atomic E-state index is 0.248. The van der Waals surface area contributed by atoms with Gasteiger partial charge in [-0.3, -0.25) is 9.78 Å². The van der Waals surface area contributed by atoms with Gasteiger partial charge in [0.15, 0.2) is 0 Å². The number of pyridine rings is 2. The Kier molecular flexibility index (Phi) is 7.81. The van der Waals surface area contributed by atoms with E-state index in [1.165, 1.54) is 6.08 Å². The number of nitrogens with one attached hydrogen (secondary N) is 2. The zero-order valence-electron chi connectivity index (χ0n) is 19.3. The lowest BCUT2D eigenvalue weighted by Gasteiger charge is -2.10. The van der Waals surface area contributed by atoms with Crippen LogP contribution in [0.1, 0.15) is 5.69 Å². The molecule has 9 nitrogen and oxygen atoms in total.